The van der Waals surface area contributed by atoms with Crippen LogP contribution in [0.2, 0.25) is 0 Å². The molecule has 4 nitrogen and oxygen atoms in total. The monoisotopic (exact) mass is 556 g/mol. The van der Waals surface area contributed by atoms with E-state index in [1.165, 1.54) is 11.1 Å². The van der Waals surface area contributed by atoms with Crippen LogP contribution < -0.4 is 10.7 Å². The lowest BCUT2D eigenvalue weighted by Gasteiger charge is -2.10. The molecule has 0 unspecified atom stereocenters. The molecule has 206 valence electrons. The maximum absolute atomic E-state index is 6.76. The average Bonchev–Trinajstić information content (AvgIpc) is 3.85. The zero-order valence-corrected chi connectivity index (χ0v) is 23.9. The number of hydrogen-bond acceptors (Lipinski definition) is 3. The molecule has 0 amide bonds. The van der Waals surface area contributed by atoms with Gasteiger partial charge < -0.3 is 13.8 Å². The molecule has 6 aromatic rings. The minimum atomic E-state index is 0.765. The van der Waals surface area contributed by atoms with Crippen molar-refractivity contribution < 1.29 is 8.83 Å². The van der Waals surface area contributed by atoms with Crippen LogP contribution in [0.4, 0.5) is 0 Å². The maximum Gasteiger partial charge on any atom is 0.137 e. The van der Waals surface area contributed by atoms with E-state index in [1.54, 1.807) is 6.26 Å². The Labute approximate surface area is 249 Å². The summed E-state index contributed by atoms with van der Waals surface area (Å²) in [7, 11) is 0. The second kappa shape index (κ2) is 10.0. The van der Waals surface area contributed by atoms with Gasteiger partial charge in [0.15, 0.2) is 0 Å². The third-order valence-corrected chi connectivity index (χ3v) is 8.17. The van der Waals surface area contributed by atoms with Crippen molar-refractivity contribution in [3.05, 3.63) is 195 Å². The lowest BCUT2D eigenvalue weighted by atomic mass is 9.95. The van der Waals surface area contributed by atoms with Gasteiger partial charge in [-0.1, -0.05) is 90.0 Å². The molecule has 0 aliphatic carbocycles. The Balaban J connectivity index is 1.50. The maximum atomic E-state index is 6.76. The van der Waals surface area contributed by atoms with E-state index in [1.807, 2.05) is 12.3 Å². The van der Waals surface area contributed by atoms with Crippen LogP contribution in [0.15, 0.2) is 147 Å². The first-order valence-corrected chi connectivity index (χ1v) is 14.4. The number of H-pyrrole nitrogens is 1. The van der Waals surface area contributed by atoms with Crippen molar-refractivity contribution in [2.75, 3.05) is 0 Å². The van der Waals surface area contributed by atoms with E-state index in [0.717, 1.165) is 78.2 Å². The van der Waals surface area contributed by atoms with Gasteiger partial charge in [0.2, 0.25) is 0 Å². The molecule has 6 bridgehead atoms. The molecule has 43 heavy (non-hydrogen) atoms. The predicted octanol–water partition coefficient (Wildman–Crippen LogP) is 7.44. The first-order valence-electron chi connectivity index (χ1n) is 14.4. The van der Waals surface area contributed by atoms with Gasteiger partial charge in [0.1, 0.15) is 17.8 Å². The lowest BCUT2D eigenvalue weighted by molar-refractivity contribution is 0.539. The van der Waals surface area contributed by atoms with Crippen LogP contribution in [0.5, 0.6) is 0 Å². The smallest absolute Gasteiger partial charge is 0.137 e. The summed E-state index contributed by atoms with van der Waals surface area (Å²) in [6.45, 7) is 4.20. The van der Waals surface area contributed by atoms with Crippen molar-refractivity contribution in [3.63, 3.8) is 0 Å². The Morgan fingerprint density at radius 1 is 0.535 bits per heavy atom. The summed E-state index contributed by atoms with van der Waals surface area (Å²) in [5, 5.41) is 1.95. The summed E-state index contributed by atoms with van der Waals surface area (Å²) >= 11 is 0. The molecule has 2 aliphatic heterocycles. The topological polar surface area (TPSA) is 54.4 Å². The Morgan fingerprint density at radius 2 is 1.12 bits per heavy atom. The standard InChI is InChI=1S/C39H28N2O2/c1-24-8-12-27(13-9-24)38-33-17-16-31(40-33)29-22-42-23-30(29)37(26-6-4-3-5-7-26)32-18-19-34(41-32)39(36-21-20-35(38)43-36)28-14-10-25(2)11-15-28/h3-23,41H,1-2H3/b37-32-,38-33-,39-34-. The van der Waals surface area contributed by atoms with Gasteiger partial charge in [0, 0.05) is 27.6 Å². The fourth-order valence-corrected chi connectivity index (χ4v) is 5.98. The van der Waals surface area contributed by atoms with Crippen LogP contribution in [0, 0.1) is 13.8 Å². The van der Waals surface area contributed by atoms with Gasteiger partial charge in [-0.25, -0.2) is 4.99 Å². The fourth-order valence-electron chi connectivity index (χ4n) is 5.98. The highest BCUT2D eigenvalue weighted by Crippen LogP contribution is 2.36. The molecular formula is C39H28N2O2. The highest BCUT2D eigenvalue weighted by molar-refractivity contribution is 6.15. The van der Waals surface area contributed by atoms with Gasteiger partial charge in [-0.15, -0.1) is 0 Å². The highest BCUT2D eigenvalue weighted by Gasteiger charge is 2.24. The third-order valence-electron chi connectivity index (χ3n) is 8.17. The molecule has 3 aromatic carbocycles. The second-order valence-corrected chi connectivity index (χ2v) is 11.1. The minimum Gasteiger partial charge on any atom is -0.471 e. The predicted molar refractivity (Wildman–Crippen MR) is 171 cm³/mol. The summed E-state index contributed by atoms with van der Waals surface area (Å²) in [5.41, 5.74) is 12.2. The summed E-state index contributed by atoms with van der Waals surface area (Å²) in [5.74, 6) is 1.55. The normalized spacial score (nSPS) is 18.3. The molecule has 0 saturated carbocycles. The minimum absolute atomic E-state index is 0.765. The number of fused-ring (bicyclic) bond motifs is 7. The SMILES string of the molecule is Cc1ccc(/C2=C3\C=CC(=N3)c3cocc3/C(c3ccccc3)=c3/cc/c([nH]3)=C(\c3ccc(C)cc3)c3ccc2o3)cc1. The molecule has 2 aliphatic rings. The zero-order valence-electron chi connectivity index (χ0n) is 23.9. The van der Waals surface area contributed by atoms with Crippen molar-refractivity contribution in [2.24, 2.45) is 4.99 Å². The van der Waals surface area contributed by atoms with Crippen LogP contribution in [0.1, 0.15) is 50.5 Å². The van der Waals surface area contributed by atoms with Gasteiger partial charge in [0.25, 0.3) is 0 Å². The molecule has 0 saturated heterocycles. The van der Waals surface area contributed by atoms with E-state index in [9.17, 15) is 0 Å². The molecular weight excluding hydrogens is 528 g/mol. The fraction of sp³-hybridized carbons (Fsp3) is 0.0513. The van der Waals surface area contributed by atoms with Crippen molar-refractivity contribution in [2.45, 2.75) is 13.8 Å². The number of nitrogens with one attached hydrogen (secondary N) is 1. The van der Waals surface area contributed by atoms with E-state index in [2.05, 4.69) is 128 Å². The summed E-state index contributed by atoms with van der Waals surface area (Å²) < 4.78 is 12.6. The lowest BCUT2D eigenvalue weighted by Crippen LogP contribution is -2.17. The molecule has 1 N–H and O–H groups in total. The Kier molecular flexibility index (Phi) is 5.86. The van der Waals surface area contributed by atoms with Gasteiger partial charge in [0.05, 0.1) is 28.6 Å². The van der Waals surface area contributed by atoms with Crippen molar-refractivity contribution in [3.8, 4) is 0 Å². The second-order valence-electron chi connectivity index (χ2n) is 11.1. The summed E-state index contributed by atoms with van der Waals surface area (Å²) in [6.07, 6.45) is 7.75. The van der Waals surface area contributed by atoms with Crippen molar-refractivity contribution in [1.29, 1.82) is 0 Å². The van der Waals surface area contributed by atoms with Crippen LogP contribution >= 0.6 is 0 Å². The first kappa shape index (κ1) is 25.1. The average molecular weight is 557 g/mol. The van der Waals surface area contributed by atoms with Crippen molar-refractivity contribution in [1.82, 2.24) is 4.98 Å². The van der Waals surface area contributed by atoms with Gasteiger partial charge in [-0.2, -0.15) is 0 Å². The van der Waals surface area contributed by atoms with E-state index in [4.69, 9.17) is 13.8 Å². The molecule has 4 heteroatoms. The first-order chi connectivity index (χ1) is 21.1. The van der Waals surface area contributed by atoms with E-state index < -0.39 is 0 Å². The molecule has 8 rings (SSSR count). The third kappa shape index (κ3) is 4.36. The number of benzene rings is 3. The summed E-state index contributed by atoms with van der Waals surface area (Å²) in [4.78, 5) is 8.93. The van der Waals surface area contributed by atoms with Crippen LogP contribution in [0.3, 0.4) is 0 Å². The number of nitrogens with zero attached hydrogens (tertiary/aromatic N) is 1. The Bertz CT molecular complexity index is 2220. The Hall–Kier alpha value is -5.61. The number of aliphatic imine (C=N–C) groups is 1. The number of aromatic amines is 1. The van der Waals surface area contributed by atoms with Gasteiger partial charge >= 0.3 is 0 Å². The van der Waals surface area contributed by atoms with E-state index >= 15 is 0 Å². The molecule has 0 spiro atoms. The number of furan rings is 2. The van der Waals surface area contributed by atoms with Gasteiger partial charge in [-0.3, -0.25) is 0 Å². The van der Waals surface area contributed by atoms with E-state index in [-0.39, 0.29) is 0 Å². The Morgan fingerprint density at radius 3 is 1.81 bits per heavy atom. The van der Waals surface area contributed by atoms with Crippen LogP contribution in [0.25, 0.3) is 16.7 Å². The molecule has 0 radical (unpaired) electrons. The number of hydrogen-bond donors (Lipinski definition) is 1. The van der Waals surface area contributed by atoms with E-state index in [0.29, 0.717) is 0 Å². The number of rotatable bonds is 3. The quantitative estimate of drug-likeness (QED) is 0.246. The molecule has 0 fully saturated rings. The number of aryl methyl sites for hydroxylation is 2. The molecule has 5 heterocycles. The molecule has 0 atom stereocenters. The molecule has 3 aromatic heterocycles. The number of aromatic nitrogens is 1. The van der Waals surface area contributed by atoms with Crippen LogP contribution in [-0.2, 0) is 0 Å². The van der Waals surface area contributed by atoms with Crippen LogP contribution in [-0.4, -0.2) is 10.7 Å². The summed E-state index contributed by atoms with van der Waals surface area (Å²) in [6, 6.07) is 35.9. The van der Waals surface area contributed by atoms with Crippen molar-refractivity contribution >= 4 is 22.4 Å². The number of allylic oxidation sites excluding steroid dienone is 2. The highest BCUT2D eigenvalue weighted by atomic mass is 16.3. The zero-order chi connectivity index (χ0) is 28.9. The van der Waals surface area contributed by atoms with Gasteiger partial charge in [-0.05, 0) is 67.0 Å². The largest absolute Gasteiger partial charge is 0.471 e.